The molecule has 0 amide bonds. The summed E-state index contributed by atoms with van der Waals surface area (Å²) < 4.78 is 10.5. The van der Waals surface area contributed by atoms with Crippen LogP contribution in [0.2, 0.25) is 0 Å². The van der Waals surface area contributed by atoms with E-state index in [9.17, 15) is 0 Å². The molecule has 2 aromatic rings. The lowest BCUT2D eigenvalue weighted by molar-refractivity contribution is -0.0104. The van der Waals surface area contributed by atoms with Crippen LogP contribution >= 0.6 is 0 Å². The quantitative estimate of drug-likeness (QED) is 0.826. The largest absolute Gasteiger partial charge is 0.497 e. The van der Waals surface area contributed by atoms with Gasteiger partial charge in [0.15, 0.2) is 5.60 Å². The van der Waals surface area contributed by atoms with E-state index in [0.29, 0.717) is 0 Å². The number of hydrogen-bond donors (Lipinski definition) is 0. The van der Waals surface area contributed by atoms with E-state index < -0.39 is 0 Å². The van der Waals surface area contributed by atoms with Crippen LogP contribution in [0.4, 0.5) is 0 Å². The van der Waals surface area contributed by atoms with Crippen LogP contribution in [0.1, 0.15) is 24.0 Å². The number of likely N-dealkylation sites (tertiary alicyclic amines) is 1. The van der Waals surface area contributed by atoms with E-state index in [-0.39, 0.29) is 5.60 Å². The molecule has 2 heterocycles. The summed E-state index contributed by atoms with van der Waals surface area (Å²) >= 11 is 0. The molecule has 5 nitrogen and oxygen atoms in total. The molecule has 4 rings (SSSR count). The second kappa shape index (κ2) is 7.00. The lowest BCUT2D eigenvalue weighted by atomic mass is 9.93. The minimum Gasteiger partial charge on any atom is -0.497 e. The minimum absolute atomic E-state index is 0.179. The molecule has 0 saturated carbocycles. The van der Waals surface area contributed by atoms with Crippen LogP contribution in [0.5, 0.6) is 11.5 Å². The monoisotopic (exact) mass is 352 g/mol. The maximum Gasteiger partial charge on any atom is 0.157 e. The predicted octanol–water partition coefficient (Wildman–Crippen LogP) is 3.47. The topological polar surface area (TPSA) is 43.3 Å². The molecule has 0 N–H and O–H groups in total. The van der Waals surface area contributed by atoms with Crippen molar-refractivity contribution in [3.05, 3.63) is 59.7 Å². The van der Waals surface area contributed by atoms with Crippen molar-refractivity contribution in [1.82, 2.24) is 4.90 Å². The van der Waals surface area contributed by atoms with Crippen molar-refractivity contribution in [2.75, 3.05) is 27.3 Å². The maximum atomic E-state index is 5.92. The highest BCUT2D eigenvalue weighted by Crippen LogP contribution is 2.36. The Bertz CT molecular complexity index is 786. The van der Waals surface area contributed by atoms with Crippen molar-refractivity contribution in [1.29, 1.82) is 0 Å². The van der Waals surface area contributed by atoms with E-state index in [1.54, 1.807) is 14.2 Å². The first-order valence-electron chi connectivity index (χ1n) is 8.94. The van der Waals surface area contributed by atoms with E-state index in [2.05, 4.69) is 22.2 Å². The number of oxime groups is 1. The van der Waals surface area contributed by atoms with Gasteiger partial charge in [-0.2, -0.15) is 0 Å². The van der Waals surface area contributed by atoms with Gasteiger partial charge in [-0.15, -0.1) is 0 Å². The molecule has 0 aliphatic carbocycles. The second-order valence-electron chi connectivity index (χ2n) is 7.03. The van der Waals surface area contributed by atoms with Crippen molar-refractivity contribution in [2.24, 2.45) is 5.16 Å². The Morgan fingerprint density at radius 2 is 1.65 bits per heavy atom. The molecule has 2 aliphatic heterocycles. The van der Waals surface area contributed by atoms with Crippen molar-refractivity contribution in [3.8, 4) is 11.5 Å². The van der Waals surface area contributed by atoms with E-state index in [1.807, 2.05) is 36.4 Å². The fourth-order valence-corrected chi connectivity index (χ4v) is 3.73. The Balaban J connectivity index is 1.37. The van der Waals surface area contributed by atoms with Gasteiger partial charge in [0.05, 0.1) is 19.9 Å². The average molecular weight is 352 g/mol. The average Bonchev–Trinajstić information content (AvgIpc) is 3.29. The van der Waals surface area contributed by atoms with Gasteiger partial charge < -0.3 is 14.3 Å². The van der Waals surface area contributed by atoms with Crippen LogP contribution in [0, 0.1) is 0 Å². The number of nitrogens with zero attached hydrogens (tertiary/aromatic N) is 2. The van der Waals surface area contributed by atoms with E-state index in [4.69, 9.17) is 14.3 Å². The molecule has 1 saturated heterocycles. The molecule has 5 heteroatoms. The summed E-state index contributed by atoms with van der Waals surface area (Å²) in [4.78, 5) is 8.36. The summed E-state index contributed by atoms with van der Waals surface area (Å²) in [6.45, 7) is 2.85. The molecule has 136 valence electrons. The smallest absolute Gasteiger partial charge is 0.157 e. The number of ether oxygens (including phenoxy) is 2. The van der Waals surface area contributed by atoms with Gasteiger partial charge >= 0.3 is 0 Å². The molecule has 0 radical (unpaired) electrons. The van der Waals surface area contributed by atoms with Crippen LogP contribution in [0.3, 0.4) is 0 Å². The summed E-state index contributed by atoms with van der Waals surface area (Å²) in [6, 6.07) is 16.3. The lowest BCUT2D eigenvalue weighted by Gasteiger charge is -2.22. The van der Waals surface area contributed by atoms with Gasteiger partial charge in [-0.1, -0.05) is 17.3 Å². The van der Waals surface area contributed by atoms with Gasteiger partial charge in [0.1, 0.15) is 11.5 Å². The fraction of sp³-hybridized carbons (Fsp3) is 0.381. The first-order chi connectivity index (χ1) is 12.7. The minimum atomic E-state index is -0.179. The number of hydrogen-bond acceptors (Lipinski definition) is 5. The second-order valence-corrected chi connectivity index (χ2v) is 7.03. The number of rotatable bonds is 5. The van der Waals surface area contributed by atoms with Crippen LogP contribution < -0.4 is 9.47 Å². The molecule has 26 heavy (non-hydrogen) atoms. The summed E-state index contributed by atoms with van der Waals surface area (Å²) in [5.74, 6) is 1.75. The SMILES string of the molecule is COc1ccc(CN2CCC3(CC(c4ccc(OC)cc4)=NO3)C2)cc1. The van der Waals surface area contributed by atoms with Gasteiger partial charge in [-0.25, -0.2) is 0 Å². The standard InChI is InChI=1S/C21H24N2O3/c1-24-18-7-3-16(4-8-18)14-23-12-11-21(15-23)13-20(22-26-21)17-5-9-19(25-2)10-6-17/h3-10H,11-15H2,1-2H3. The summed E-state index contributed by atoms with van der Waals surface area (Å²) in [6.07, 6.45) is 1.87. The Hall–Kier alpha value is -2.53. The molecule has 1 unspecified atom stereocenters. The number of methoxy groups -OCH3 is 2. The number of benzene rings is 2. The molecule has 1 spiro atoms. The van der Waals surface area contributed by atoms with E-state index >= 15 is 0 Å². The summed E-state index contributed by atoms with van der Waals surface area (Å²) in [5, 5.41) is 4.39. The van der Waals surface area contributed by atoms with Crippen molar-refractivity contribution in [2.45, 2.75) is 25.0 Å². The van der Waals surface area contributed by atoms with Crippen LogP contribution in [-0.2, 0) is 11.4 Å². The third-order valence-electron chi connectivity index (χ3n) is 5.22. The highest BCUT2D eigenvalue weighted by atomic mass is 16.7. The first kappa shape index (κ1) is 16.9. The van der Waals surface area contributed by atoms with E-state index in [0.717, 1.165) is 55.3 Å². The Morgan fingerprint density at radius 3 is 2.31 bits per heavy atom. The van der Waals surface area contributed by atoms with Crippen molar-refractivity contribution >= 4 is 5.71 Å². The normalized spacial score (nSPS) is 22.3. The van der Waals surface area contributed by atoms with Crippen LogP contribution in [-0.4, -0.2) is 43.5 Å². The fourth-order valence-electron chi connectivity index (χ4n) is 3.73. The maximum absolute atomic E-state index is 5.92. The highest BCUT2D eigenvalue weighted by molar-refractivity contribution is 6.01. The third kappa shape index (κ3) is 3.40. The summed E-state index contributed by atoms with van der Waals surface area (Å²) in [7, 11) is 3.37. The molecular formula is C21H24N2O3. The molecule has 0 bridgehead atoms. The molecular weight excluding hydrogens is 328 g/mol. The first-order valence-corrected chi connectivity index (χ1v) is 8.94. The third-order valence-corrected chi connectivity index (χ3v) is 5.22. The van der Waals surface area contributed by atoms with Gasteiger partial charge in [0.2, 0.25) is 0 Å². The highest BCUT2D eigenvalue weighted by Gasteiger charge is 2.45. The predicted molar refractivity (Wildman–Crippen MR) is 101 cm³/mol. The van der Waals surface area contributed by atoms with Crippen LogP contribution in [0.15, 0.2) is 53.7 Å². The van der Waals surface area contributed by atoms with E-state index in [1.165, 1.54) is 5.56 Å². The van der Waals surface area contributed by atoms with Gasteiger partial charge in [0.25, 0.3) is 0 Å². The zero-order valence-corrected chi connectivity index (χ0v) is 15.3. The van der Waals surface area contributed by atoms with Crippen molar-refractivity contribution < 1.29 is 14.3 Å². The molecule has 2 aliphatic rings. The molecule has 1 fully saturated rings. The lowest BCUT2D eigenvalue weighted by Crippen LogP contribution is -2.33. The van der Waals surface area contributed by atoms with Crippen molar-refractivity contribution in [3.63, 3.8) is 0 Å². The Labute approximate surface area is 154 Å². The Kier molecular flexibility index (Phi) is 4.55. The molecule has 0 aromatic heterocycles. The zero-order chi connectivity index (χ0) is 18.0. The Morgan fingerprint density at radius 1 is 1.00 bits per heavy atom. The van der Waals surface area contributed by atoms with Crippen LogP contribution in [0.25, 0.3) is 0 Å². The molecule has 2 aromatic carbocycles. The van der Waals surface area contributed by atoms with Gasteiger partial charge in [-0.05, 0) is 47.5 Å². The zero-order valence-electron chi connectivity index (χ0n) is 15.3. The summed E-state index contributed by atoms with van der Waals surface area (Å²) in [5.41, 5.74) is 3.24. The van der Waals surface area contributed by atoms with Gasteiger partial charge in [0, 0.05) is 32.5 Å². The molecule has 1 atom stereocenters. The van der Waals surface area contributed by atoms with Gasteiger partial charge in [-0.3, -0.25) is 4.90 Å².